The van der Waals surface area contributed by atoms with Gasteiger partial charge in [-0.25, -0.2) is 12.8 Å². The second-order valence-corrected chi connectivity index (χ2v) is 9.16. The number of nitrogens with zero attached hydrogens (tertiary/aromatic N) is 2. The van der Waals surface area contributed by atoms with Crippen molar-refractivity contribution in [2.75, 3.05) is 38.0 Å². The Morgan fingerprint density at radius 1 is 1.06 bits per heavy atom. The van der Waals surface area contributed by atoms with E-state index in [1.807, 2.05) is 0 Å². The number of nitrogens with one attached hydrogen (secondary N) is 1. The maximum atomic E-state index is 13.6. The van der Waals surface area contributed by atoms with Gasteiger partial charge in [-0.1, -0.05) is 12.1 Å². The van der Waals surface area contributed by atoms with E-state index in [0.29, 0.717) is 17.3 Å². The minimum absolute atomic E-state index is 0.0209. The molecule has 31 heavy (non-hydrogen) atoms. The van der Waals surface area contributed by atoms with Gasteiger partial charge in [-0.3, -0.25) is 9.69 Å². The van der Waals surface area contributed by atoms with Gasteiger partial charge in [-0.05, 0) is 42.8 Å². The van der Waals surface area contributed by atoms with Crippen LogP contribution < -0.4 is 5.32 Å². The van der Waals surface area contributed by atoms with Crippen LogP contribution in [0, 0.1) is 12.7 Å². The van der Waals surface area contributed by atoms with Crippen LogP contribution in [-0.4, -0.2) is 56.3 Å². The number of benzene rings is 2. The van der Waals surface area contributed by atoms with Gasteiger partial charge >= 0.3 is 6.18 Å². The molecule has 1 fully saturated rings. The first-order chi connectivity index (χ1) is 14.5. The zero-order valence-electron chi connectivity index (χ0n) is 16.6. The van der Waals surface area contributed by atoms with Crippen molar-refractivity contribution in [1.29, 1.82) is 0 Å². The number of aryl methyl sites for hydroxylation is 1. The average Bonchev–Trinajstić information content (AvgIpc) is 2.70. The molecule has 0 aliphatic carbocycles. The SMILES string of the molecule is Cc1ccc(NC(=O)CN2CCN(S(=O)(=O)c3cccc(C(F)(F)F)c3)CC2)cc1F. The Balaban J connectivity index is 1.58. The van der Waals surface area contributed by atoms with E-state index < -0.39 is 32.5 Å². The standard InChI is InChI=1S/C20H21F4N3O3S/c1-14-5-6-16(12-18(14)21)25-19(28)13-26-7-9-27(10-8-26)31(29,30)17-4-2-3-15(11-17)20(22,23)24/h2-6,11-12H,7-10,13H2,1H3,(H,25,28). The summed E-state index contributed by atoms with van der Waals surface area (Å²) in [7, 11) is -4.09. The van der Waals surface area contributed by atoms with Crippen molar-refractivity contribution in [3.05, 3.63) is 59.4 Å². The highest BCUT2D eigenvalue weighted by atomic mass is 32.2. The van der Waals surface area contributed by atoms with E-state index in [9.17, 15) is 30.8 Å². The van der Waals surface area contributed by atoms with E-state index in [1.165, 1.54) is 6.07 Å². The highest BCUT2D eigenvalue weighted by Crippen LogP contribution is 2.31. The third kappa shape index (κ3) is 5.60. The van der Waals surface area contributed by atoms with Crippen LogP contribution in [0.4, 0.5) is 23.2 Å². The lowest BCUT2D eigenvalue weighted by Gasteiger charge is -2.33. The van der Waals surface area contributed by atoms with Crippen molar-refractivity contribution in [3.63, 3.8) is 0 Å². The summed E-state index contributed by atoms with van der Waals surface area (Å²) >= 11 is 0. The van der Waals surface area contributed by atoms with Gasteiger partial charge in [0.1, 0.15) is 5.82 Å². The van der Waals surface area contributed by atoms with Gasteiger partial charge in [0, 0.05) is 31.9 Å². The van der Waals surface area contributed by atoms with Gasteiger partial charge in [-0.15, -0.1) is 0 Å². The number of rotatable bonds is 5. The Labute approximate surface area is 177 Å². The molecule has 1 amide bonds. The summed E-state index contributed by atoms with van der Waals surface area (Å²) in [5.74, 6) is -0.816. The predicted molar refractivity (Wildman–Crippen MR) is 106 cm³/mol. The molecular weight excluding hydrogens is 438 g/mol. The fraction of sp³-hybridized carbons (Fsp3) is 0.350. The normalized spacial score (nSPS) is 16.3. The summed E-state index contributed by atoms with van der Waals surface area (Å²) in [6.45, 7) is 2.11. The van der Waals surface area contributed by atoms with E-state index >= 15 is 0 Å². The summed E-state index contributed by atoms with van der Waals surface area (Å²) in [4.78, 5) is 13.5. The lowest BCUT2D eigenvalue weighted by molar-refractivity contribution is -0.137. The number of anilines is 1. The zero-order chi connectivity index (χ0) is 22.8. The molecule has 168 valence electrons. The number of carbonyl (C=O) groups excluding carboxylic acids is 1. The van der Waals surface area contributed by atoms with Gasteiger partial charge in [-0.2, -0.15) is 17.5 Å². The van der Waals surface area contributed by atoms with Crippen molar-refractivity contribution in [2.45, 2.75) is 18.0 Å². The van der Waals surface area contributed by atoms with Crippen molar-refractivity contribution >= 4 is 21.6 Å². The average molecular weight is 459 g/mol. The molecule has 0 aromatic heterocycles. The number of carbonyl (C=O) groups is 1. The van der Waals surface area contributed by atoms with E-state index in [2.05, 4.69) is 5.32 Å². The van der Waals surface area contributed by atoms with E-state index in [4.69, 9.17) is 0 Å². The van der Waals surface area contributed by atoms with Crippen LogP contribution in [0.5, 0.6) is 0 Å². The lowest BCUT2D eigenvalue weighted by atomic mass is 10.2. The second-order valence-electron chi connectivity index (χ2n) is 7.22. The molecular formula is C20H21F4N3O3S. The van der Waals surface area contributed by atoms with Gasteiger partial charge in [0.15, 0.2) is 0 Å². The van der Waals surface area contributed by atoms with Crippen LogP contribution in [0.15, 0.2) is 47.4 Å². The molecule has 0 unspecified atom stereocenters. The fourth-order valence-electron chi connectivity index (χ4n) is 3.18. The minimum atomic E-state index is -4.64. The molecule has 6 nitrogen and oxygen atoms in total. The Morgan fingerprint density at radius 2 is 1.74 bits per heavy atom. The van der Waals surface area contributed by atoms with Crippen LogP contribution in [-0.2, 0) is 21.0 Å². The van der Waals surface area contributed by atoms with Crippen molar-refractivity contribution < 1.29 is 30.8 Å². The number of amides is 1. The maximum Gasteiger partial charge on any atom is 0.416 e. The smallest absolute Gasteiger partial charge is 0.325 e. The van der Waals surface area contributed by atoms with Crippen molar-refractivity contribution in [1.82, 2.24) is 9.21 Å². The van der Waals surface area contributed by atoms with Crippen LogP contribution in [0.3, 0.4) is 0 Å². The quantitative estimate of drug-likeness (QED) is 0.698. The van der Waals surface area contributed by atoms with Crippen LogP contribution in [0.25, 0.3) is 0 Å². The van der Waals surface area contributed by atoms with Gasteiger partial charge in [0.25, 0.3) is 0 Å². The first-order valence-electron chi connectivity index (χ1n) is 9.42. The third-order valence-electron chi connectivity index (χ3n) is 4.95. The highest BCUT2D eigenvalue weighted by molar-refractivity contribution is 7.89. The largest absolute Gasteiger partial charge is 0.416 e. The number of hydrogen-bond donors (Lipinski definition) is 1. The Hall–Kier alpha value is -2.50. The topological polar surface area (TPSA) is 69.7 Å². The minimum Gasteiger partial charge on any atom is -0.325 e. The van der Waals surface area contributed by atoms with Crippen LogP contribution in [0.1, 0.15) is 11.1 Å². The first-order valence-corrected chi connectivity index (χ1v) is 10.9. The number of halogens is 4. The lowest BCUT2D eigenvalue weighted by Crippen LogP contribution is -2.50. The van der Waals surface area contributed by atoms with Crippen LogP contribution in [0.2, 0.25) is 0 Å². The molecule has 1 aliphatic heterocycles. The Kier molecular flexibility index (Phi) is 6.68. The molecule has 1 saturated heterocycles. The van der Waals surface area contributed by atoms with Crippen LogP contribution >= 0.6 is 0 Å². The molecule has 2 aromatic rings. The van der Waals surface area contributed by atoms with Gasteiger partial charge < -0.3 is 5.32 Å². The molecule has 1 aliphatic rings. The maximum absolute atomic E-state index is 13.6. The molecule has 2 aromatic carbocycles. The summed E-state index contributed by atoms with van der Waals surface area (Å²) in [6.07, 6.45) is -4.64. The zero-order valence-corrected chi connectivity index (χ0v) is 17.4. The molecule has 0 bridgehead atoms. The molecule has 1 N–H and O–H groups in total. The summed E-state index contributed by atoms with van der Waals surface area (Å²) in [5, 5.41) is 2.59. The third-order valence-corrected chi connectivity index (χ3v) is 6.85. The fourth-order valence-corrected chi connectivity index (χ4v) is 4.65. The number of alkyl halides is 3. The summed E-state index contributed by atoms with van der Waals surface area (Å²) in [6, 6.07) is 7.96. The number of hydrogen-bond acceptors (Lipinski definition) is 4. The Morgan fingerprint density at radius 3 is 2.35 bits per heavy atom. The molecule has 0 saturated carbocycles. The number of piperazine rings is 1. The second kappa shape index (κ2) is 8.93. The molecule has 0 radical (unpaired) electrons. The highest BCUT2D eigenvalue weighted by Gasteiger charge is 2.34. The number of sulfonamides is 1. The molecule has 0 spiro atoms. The molecule has 11 heteroatoms. The van der Waals surface area contributed by atoms with E-state index in [0.717, 1.165) is 22.5 Å². The van der Waals surface area contributed by atoms with Gasteiger partial charge in [0.2, 0.25) is 15.9 Å². The van der Waals surface area contributed by atoms with Crippen molar-refractivity contribution in [2.24, 2.45) is 0 Å². The van der Waals surface area contributed by atoms with E-state index in [1.54, 1.807) is 24.0 Å². The molecule has 1 heterocycles. The van der Waals surface area contributed by atoms with E-state index in [-0.39, 0.29) is 38.6 Å². The van der Waals surface area contributed by atoms with Crippen molar-refractivity contribution in [3.8, 4) is 0 Å². The Bertz CT molecular complexity index is 1070. The van der Waals surface area contributed by atoms with Gasteiger partial charge in [0.05, 0.1) is 17.0 Å². The summed E-state index contributed by atoms with van der Waals surface area (Å²) < 4.78 is 78.8. The molecule has 0 atom stereocenters. The molecule has 3 rings (SSSR count). The summed E-state index contributed by atoms with van der Waals surface area (Å²) in [5.41, 5.74) is -0.258. The predicted octanol–water partition coefficient (Wildman–Crippen LogP) is 3.10. The first kappa shape index (κ1) is 23.2. The monoisotopic (exact) mass is 459 g/mol.